The van der Waals surface area contributed by atoms with Crippen molar-refractivity contribution in [3.8, 4) is 0 Å². The Hall–Kier alpha value is -2.49. The second-order valence-corrected chi connectivity index (χ2v) is 18.8. The minimum atomic E-state index is -0.747. The van der Waals surface area contributed by atoms with E-state index in [4.69, 9.17) is 0 Å². The third kappa shape index (κ3) is 8.12. The van der Waals surface area contributed by atoms with Crippen LogP contribution in [0.25, 0.3) is 0 Å². The first-order chi connectivity index (χ1) is 24.7. The Morgan fingerprint density at radius 2 is 1.52 bits per heavy atom. The predicted molar refractivity (Wildman–Crippen MR) is 204 cm³/mol. The van der Waals surface area contributed by atoms with Crippen LogP contribution in [0, 0.1) is 46.3 Å². The Labute approximate surface area is 313 Å². The van der Waals surface area contributed by atoms with E-state index in [1.165, 1.54) is 19.3 Å². The van der Waals surface area contributed by atoms with E-state index < -0.39 is 12.1 Å². The molecular formula is C43H68N4O5. The molecule has 1 aromatic rings. The highest BCUT2D eigenvalue weighted by Gasteiger charge is 2.61. The van der Waals surface area contributed by atoms with Gasteiger partial charge in [-0.2, -0.15) is 0 Å². The molecule has 52 heavy (non-hydrogen) atoms. The Morgan fingerprint density at radius 1 is 0.827 bits per heavy atom. The number of benzene rings is 1. The van der Waals surface area contributed by atoms with Crippen LogP contribution in [0.5, 0.6) is 0 Å². The summed E-state index contributed by atoms with van der Waals surface area (Å²) in [6, 6.07) is 8.43. The number of fused-ring (bicyclic) bond motifs is 5. The molecule has 11 atom stereocenters. The van der Waals surface area contributed by atoms with Crippen LogP contribution in [0.3, 0.4) is 0 Å². The van der Waals surface area contributed by atoms with Gasteiger partial charge in [-0.05, 0) is 110 Å². The van der Waals surface area contributed by atoms with E-state index in [0.717, 1.165) is 37.7 Å². The third-order valence-corrected chi connectivity index (χ3v) is 14.6. The van der Waals surface area contributed by atoms with Crippen LogP contribution in [0.2, 0.25) is 0 Å². The Balaban J connectivity index is 1.12. The summed E-state index contributed by atoms with van der Waals surface area (Å²) in [7, 11) is 0. The topological polar surface area (TPSA) is 122 Å². The van der Waals surface area contributed by atoms with Crippen LogP contribution >= 0.6 is 0 Å². The van der Waals surface area contributed by atoms with Crippen LogP contribution in [-0.4, -0.2) is 94.2 Å². The van der Waals surface area contributed by atoms with Crippen molar-refractivity contribution in [3.05, 3.63) is 35.9 Å². The van der Waals surface area contributed by atoms with E-state index in [-0.39, 0.29) is 58.6 Å². The van der Waals surface area contributed by atoms with Crippen molar-refractivity contribution in [2.45, 2.75) is 143 Å². The molecule has 0 aromatic heterocycles. The van der Waals surface area contributed by atoms with Crippen molar-refractivity contribution in [3.63, 3.8) is 0 Å². The molecule has 1 heterocycles. The second kappa shape index (κ2) is 16.1. The van der Waals surface area contributed by atoms with Crippen LogP contribution in [0.1, 0.15) is 111 Å². The van der Waals surface area contributed by atoms with Gasteiger partial charge >= 0.3 is 0 Å². The van der Waals surface area contributed by atoms with Gasteiger partial charge in [-0.25, -0.2) is 0 Å². The number of hydrogen-bond acceptors (Lipinski definition) is 6. The summed E-state index contributed by atoms with van der Waals surface area (Å²) in [6.07, 6.45) is 9.33. The maximum atomic E-state index is 14.3. The molecule has 4 aliphatic carbocycles. The average Bonchev–Trinajstić information content (AvgIpc) is 3.41. The van der Waals surface area contributed by atoms with Gasteiger partial charge in [0.05, 0.1) is 12.2 Å². The largest absolute Gasteiger partial charge is 0.393 e. The molecule has 0 bridgehead atoms. The number of nitrogens with zero attached hydrogens (tertiary/aromatic N) is 2. The molecule has 4 N–H and O–H groups in total. The monoisotopic (exact) mass is 721 g/mol. The number of piperazine rings is 1. The lowest BCUT2D eigenvalue weighted by molar-refractivity contribution is -0.157. The maximum Gasteiger partial charge on any atom is 0.245 e. The minimum Gasteiger partial charge on any atom is -0.393 e. The van der Waals surface area contributed by atoms with Crippen molar-refractivity contribution in [2.75, 3.05) is 26.2 Å². The van der Waals surface area contributed by atoms with Crippen LogP contribution in [0.15, 0.2) is 30.3 Å². The molecule has 1 aliphatic heterocycles. The van der Waals surface area contributed by atoms with E-state index in [1.54, 1.807) is 0 Å². The molecule has 0 unspecified atom stereocenters. The first kappa shape index (κ1) is 39.2. The van der Waals surface area contributed by atoms with E-state index in [2.05, 4.69) is 29.4 Å². The molecule has 9 nitrogen and oxygen atoms in total. The van der Waals surface area contributed by atoms with Gasteiger partial charge in [-0.3, -0.25) is 19.3 Å². The molecule has 9 heteroatoms. The van der Waals surface area contributed by atoms with Crippen LogP contribution in [0.4, 0.5) is 0 Å². The van der Waals surface area contributed by atoms with Crippen LogP contribution in [-0.2, 0) is 20.8 Å². The molecule has 4 saturated carbocycles. The average molecular weight is 721 g/mol. The molecule has 1 aromatic carbocycles. The number of carbonyl (C=O) groups excluding carboxylic acids is 3. The fraction of sp³-hybridized carbons (Fsp3) is 0.791. The van der Waals surface area contributed by atoms with E-state index in [0.29, 0.717) is 69.1 Å². The standard InChI is InChI=1S/C43H68N4O5/c1-27(2)22-34(44-39(50)23-28(3)4)40(51)45-35(24-29-10-8-7-9-11-29)41(52)47-20-18-46(19-21-47)36-26-43(6)30(25-37(36)48)12-13-31-32-14-15-38(49)42(32,5)17-16-33(31)43/h7-11,27-28,30-38,48-49H,12-26H2,1-6H3,(H,44,50)(H,45,51)/t30-,31-,32-,33-,34-,35-,36-,37-,38-,42-,43-/m0/s1. The summed E-state index contributed by atoms with van der Waals surface area (Å²) in [4.78, 5) is 45.1. The third-order valence-electron chi connectivity index (χ3n) is 14.6. The van der Waals surface area contributed by atoms with Gasteiger partial charge in [0.15, 0.2) is 0 Å². The minimum absolute atomic E-state index is 0.0652. The first-order valence-electron chi connectivity index (χ1n) is 20.7. The maximum absolute atomic E-state index is 14.3. The van der Waals surface area contributed by atoms with Gasteiger partial charge in [0.25, 0.3) is 0 Å². The molecule has 5 fully saturated rings. The van der Waals surface area contributed by atoms with E-state index in [1.807, 2.05) is 62.9 Å². The summed E-state index contributed by atoms with van der Waals surface area (Å²) in [5.74, 6) is 2.27. The van der Waals surface area contributed by atoms with Gasteiger partial charge in [0, 0.05) is 45.1 Å². The molecular weight excluding hydrogens is 652 g/mol. The van der Waals surface area contributed by atoms with Crippen molar-refractivity contribution in [1.29, 1.82) is 0 Å². The second-order valence-electron chi connectivity index (χ2n) is 18.8. The lowest BCUT2D eigenvalue weighted by Crippen LogP contribution is -2.63. The number of nitrogens with one attached hydrogen (secondary N) is 2. The van der Waals surface area contributed by atoms with Crippen molar-refractivity contribution in [1.82, 2.24) is 20.4 Å². The SMILES string of the molecule is CC(C)CC(=O)N[C@@H](CC(C)C)C(=O)N[C@@H](Cc1ccccc1)C(=O)N1CCN([C@H]2C[C@@]3(C)[C@@H](CC[C@@H]4[C@@H]3CC[C@]3(C)[C@@H](O)CC[C@@H]43)C[C@@H]2O)CC1. The number of rotatable bonds is 11. The molecule has 6 rings (SSSR count). The summed E-state index contributed by atoms with van der Waals surface area (Å²) < 4.78 is 0. The highest BCUT2D eigenvalue weighted by molar-refractivity contribution is 5.92. The molecule has 3 amide bonds. The van der Waals surface area contributed by atoms with Crippen LogP contribution < -0.4 is 10.6 Å². The number of amides is 3. The number of carbonyl (C=O) groups is 3. The Bertz CT molecular complexity index is 1400. The molecule has 0 spiro atoms. The lowest BCUT2D eigenvalue weighted by Gasteiger charge is -2.62. The summed E-state index contributed by atoms with van der Waals surface area (Å²) >= 11 is 0. The summed E-state index contributed by atoms with van der Waals surface area (Å²) in [5, 5.41) is 28.6. The van der Waals surface area contributed by atoms with E-state index >= 15 is 0 Å². The van der Waals surface area contributed by atoms with Crippen molar-refractivity contribution >= 4 is 17.7 Å². The fourth-order valence-corrected chi connectivity index (χ4v) is 11.8. The zero-order valence-electron chi connectivity index (χ0n) is 32.9. The van der Waals surface area contributed by atoms with Gasteiger partial charge in [0.2, 0.25) is 17.7 Å². The van der Waals surface area contributed by atoms with Gasteiger partial charge < -0.3 is 25.7 Å². The normalized spacial score (nSPS) is 36.0. The molecule has 290 valence electrons. The van der Waals surface area contributed by atoms with Gasteiger partial charge in [-0.15, -0.1) is 0 Å². The molecule has 1 saturated heterocycles. The van der Waals surface area contributed by atoms with Crippen molar-refractivity contribution < 1.29 is 24.6 Å². The highest BCUT2D eigenvalue weighted by Crippen LogP contribution is 2.66. The first-order valence-corrected chi connectivity index (χ1v) is 20.7. The number of aliphatic hydroxyl groups is 2. The molecule has 5 aliphatic rings. The van der Waals surface area contributed by atoms with Gasteiger partial charge in [0.1, 0.15) is 12.1 Å². The number of aliphatic hydroxyl groups excluding tert-OH is 2. The summed E-state index contributed by atoms with van der Waals surface area (Å²) in [6.45, 7) is 15.4. The lowest BCUT2D eigenvalue weighted by atomic mass is 9.44. The Kier molecular flexibility index (Phi) is 12.1. The van der Waals surface area contributed by atoms with Crippen molar-refractivity contribution in [2.24, 2.45) is 46.3 Å². The van der Waals surface area contributed by atoms with E-state index in [9.17, 15) is 24.6 Å². The zero-order chi connectivity index (χ0) is 37.4. The highest BCUT2D eigenvalue weighted by atomic mass is 16.3. The summed E-state index contributed by atoms with van der Waals surface area (Å²) in [5.41, 5.74) is 1.21. The zero-order valence-corrected chi connectivity index (χ0v) is 32.9. The van der Waals surface area contributed by atoms with Gasteiger partial charge in [-0.1, -0.05) is 71.9 Å². The molecule has 0 radical (unpaired) electrons. The predicted octanol–water partition coefficient (Wildman–Crippen LogP) is 5.18. The Morgan fingerprint density at radius 3 is 2.19 bits per heavy atom. The fourth-order valence-electron chi connectivity index (χ4n) is 11.8. The number of hydrogen-bond donors (Lipinski definition) is 4. The quantitative estimate of drug-likeness (QED) is 0.250. The smallest absolute Gasteiger partial charge is 0.245 e.